The monoisotopic (exact) mass is 314 g/mol. The van der Waals surface area contributed by atoms with Crippen LogP contribution < -0.4 is 5.32 Å². The zero-order valence-corrected chi connectivity index (χ0v) is 13.1. The second-order valence-electron chi connectivity index (χ2n) is 5.61. The Hall–Kier alpha value is -2.11. The van der Waals surface area contributed by atoms with Crippen LogP contribution in [0.15, 0.2) is 53.1 Å². The number of morpholine rings is 1. The molecule has 1 fully saturated rings. The minimum atomic E-state index is -0.190. The summed E-state index contributed by atoms with van der Waals surface area (Å²) in [6, 6.07) is 13.7. The first kappa shape index (κ1) is 15.8. The van der Waals surface area contributed by atoms with E-state index in [-0.39, 0.29) is 11.8 Å². The molecule has 1 saturated heterocycles. The van der Waals surface area contributed by atoms with Gasteiger partial charge in [0.05, 0.1) is 31.9 Å². The second kappa shape index (κ2) is 7.94. The Morgan fingerprint density at radius 3 is 2.61 bits per heavy atom. The van der Waals surface area contributed by atoms with E-state index in [0.717, 1.165) is 11.3 Å². The van der Waals surface area contributed by atoms with Gasteiger partial charge < -0.3 is 19.4 Å². The fourth-order valence-electron chi connectivity index (χ4n) is 2.79. The summed E-state index contributed by atoms with van der Waals surface area (Å²) in [4.78, 5) is 14.8. The number of amides is 1. The Kier molecular flexibility index (Phi) is 5.45. The number of hydrogen-bond acceptors (Lipinski definition) is 4. The van der Waals surface area contributed by atoms with Crippen molar-refractivity contribution in [2.45, 2.75) is 12.5 Å². The van der Waals surface area contributed by atoms with Crippen LogP contribution in [0.2, 0.25) is 0 Å². The van der Waals surface area contributed by atoms with Gasteiger partial charge in [-0.1, -0.05) is 30.3 Å². The first-order valence-electron chi connectivity index (χ1n) is 7.99. The Morgan fingerprint density at radius 1 is 1.13 bits per heavy atom. The molecule has 1 N–H and O–H groups in total. The lowest BCUT2D eigenvalue weighted by Gasteiger charge is -2.30. The molecule has 0 aliphatic carbocycles. The lowest BCUT2D eigenvalue weighted by atomic mass is 9.97. The molecule has 1 aliphatic heterocycles. The molecule has 0 unspecified atom stereocenters. The number of rotatable bonds is 6. The van der Waals surface area contributed by atoms with Gasteiger partial charge in [-0.3, -0.25) is 4.79 Å². The average Bonchev–Trinajstić information content (AvgIpc) is 3.13. The van der Waals surface area contributed by atoms with E-state index in [1.54, 1.807) is 6.26 Å². The van der Waals surface area contributed by atoms with Crippen molar-refractivity contribution in [1.82, 2.24) is 10.2 Å². The summed E-state index contributed by atoms with van der Waals surface area (Å²) in [5.74, 6) is 0.839. The van der Waals surface area contributed by atoms with Crippen molar-refractivity contribution in [2.75, 3.05) is 32.8 Å². The molecule has 5 heteroatoms. The maximum atomic E-state index is 12.9. The molecule has 1 atom stereocenters. The highest BCUT2D eigenvalue weighted by Crippen LogP contribution is 2.19. The van der Waals surface area contributed by atoms with E-state index < -0.39 is 0 Å². The minimum absolute atomic E-state index is 0.159. The first-order chi connectivity index (χ1) is 11.3. The minimum Gasteiger partial charge on any atom is -0.468 e. The molecule has 23 heavy (non-hydrogen) atoms. The molecule has 0 spiro atoms. The quantitative estimate of drug-likeness (QED) is 0.886. The first-order valence-corrected chi connectivity index (χ1v) is 7.99. The van der Waals surface area contributed by atoms with Gasteiger partial charge in [0.1, 0.15) is 5.76 Å². The van der Waals surface area contributed by atoms with E-state index in [1.807, 2.05) is 47.4 Å². The molecule has 2 heterocycles. The zero-order valence-electron chi connectivity index (χ0n) is 13.1. The van der Waals surface area contributed by atoms with Crippen molar-refractivity contribution >= 4 is 5.91 Å². The molecule has 3 rings (SSSR count). The summed E-state index contributed by atoms with van der Waals surface area (Å²) in [6.45, 7) is 3.77. The SMILES string of the molecule is O=C([C@H](CNCc1ccco1)c1ccccc1)N1CCOCC1. The maximum Gasteiger partial charge on any atom is 0.231 e. The van der Waals surface area contributed by atoms with Gasteiger partial charge in [0.15, 0.2) is 0 Å². The van der Waals surface area contributed by atoms with Crippen molar-refractivity contribution in [3.05, 3.63) is 60.1 Å². The topological polar surface area (TPSA) is 54.7 Å². The Morgan fingerprint density at radius 2 is 1.91 bits per heavy atom. The Balaban J connectivity index is 1.67. The molecule has 122 valence electrons. The van der Waals surface area contributed by atoms with Crippen LogP contribution >= 0.6 is 0 Å². The number of nitrogens with one attached hydrogen (secondary N) is 1. The molecule has 1 aromatic heterocycles. The molecule has 0 saturated carbocycles. The van der Waals surface area contributed by atoms with Crippen molar-refractivity contribution in [2.24, 2.45) is 0 Å². The predicted octanol–water partition coefficient (Wildman–Crippen LogP) is 2.01. The van der Waals surface area contributed by atoms with Crippen LogP contribution in [0.3, 0.4) is 0 Å². The number of carbonyl (C=O) groups excluding carboxylic acids is 1. The lowest BCUT2D eigenvalue weighted by Crippen LogP contribution is -2.45. The number of carbonyl (C=O) groups is 1. The van der Waals surface area contributed by atoms with Gasteiger partial charge in [0, 0.05) is 19.6 Å². The molecule has 1 aromatic carbocycles. The van der Waals surface area contributed by atoms with Crippen LogP contribution in [-0.2, 0) is 16.1 Å². The van der Waals surface area contributed by atoms with Gasteiger partial charge >= 0.3 is 0 Å². The van der Waals surface area contributed by atoms with Gasteiger partial charge in [-0.05, 0) is 17.7 Å². The van der Waals surface area contributed by atoms with Crippen LogP contribution in [0.25, 0.3) is 0 Å². The summed E-state index contributed by atoms with van der Waals surface area (Å²) in [7, 11) is 0. The highest BCUT2D eigenvalue weighted by atomic mass is 16.5. The number of furan rings is 1. The van der Waals surface area contributed by atoms with E-state index in [9.17, 15) is 4.79 Å². The van der Waals surface area contributed by atoms with Gasteiger partial charge in [-0.2, -0.15) is 0 Å². The number of hydrogen-bond donors (Lipinski definition) is 1. The van der Waals surface area contributed by atoms with Crippen molar-refractivity contribution in [1.29, 1.82) is 0 Å². The van der Waals surface area contributed by atoms with E-state index in [4.69, 9.17) is 9.15 Å². The molecular formula is C18H22N2O3. The molecule has 1 amide bonds. The fraction of sp³-hybridized carbons (Fsp3) is 0.389. The summed E-state index contributed by atoms with van der Waals surface area (Å²) < 4.78 is 10.7. The normalized spacial score (nSPS) is 16.3. The van der Waals surface area contributed by atoms with Crippen LogP contribution in [0, 0.1) is 0 Å². The highest BCUT2D eigenvalue weighted by Gasteiger charge is 2.26. The third-order valence-electron chi connectivity index (χ3n) is 4.05. The molecular weight excluding hydrogens is 292 g/mol. The fourth-order valence-corrected chi connectivity index (χ4v) is 2.79. The predicted molar refractivity (Wildman–Crippen MR) is 87.0 cm³/mol. The molecule has 0 radical (unpaired) electrons. The third kappa shape index (κ3) is 4.21. The van der Waals surface area contributed by atoms with E-state index in [1.165, 1.54) is 0 Å². The van der Waals surface area contributed by atoms with Gasteiger partial charge in [-0.25, -0.2) is 0 Å². The molecule has 5 nitrogen and oxygen atoms in total. The van der Waals surface area contributed by atoms with Crippen LogP contribution in [0.4, 0.5) is 0 Å². The summed E-state index contributed by atoms with van der Waals surface area (Å²) >= 11 is 0. The smallest absolute Gasteiger partial charge is 0.231 e. The third-order valence-corrected chi connectivity index (χ3v) is 4.05. The Labute approximate surface area is 136 Å². The standard InChI is InChI=1S/C18H22N2O3/c21-18(20-8-11-22-12-9-20)17(15-5-2-1-3-6-15)14-19-13-16-7-4-10-23-16/h1-7,10,17,19H,8-9,11-14H2/t17-/m1/s1. The van der Waals surface area contributed by atoms with Crippen LogP contribution in [-0.4, -0.2) is 43.7 Å². The molecule has 1 aliphatic rings. The van der Waals surface area contributed by atoms with Gasteiger partial charge in [0.25, 0.3) is 0 Å². The number of benzene rings is 1. The Bertz CT molecular complexity index is 592. The van der Waals surface area contributed by atoms with Crippen molar-refractivity contribution < 1.29 is 13.9 Å². The molecule has 2 aromatic rings. The van der Waals surface area contributed by atoms with Crippen LogP contribution in [0.1, 0.15) is 17.2 Å². The summed E-state index contributed by atoms with van der Waals surface area (Å²) in [5, 5.41) is 3.33. The van der Waals surface area contributed by atoms with E-state index >= 15 is 0 Å². The van der Waals surface area contributed by atoms with Gasteiger partial charge in [-0.15, -0.1) is 0 Å². The maximum absolute atomic E-state index is 12.9. The van der Waals surface area contributed by atoms with E-state index in [0.29, 0.717) is 39.4 Å². The highest BCUT2D eigenvalue weighted by molar-refractivity contribution is 5.84. The second-order valence-corrected chi connectivity index (χ2v) is 5.61. The summed E-state index contributed by atoms with van der Waals surface area (Å²) in [5.41, 5.74) is 1.04. The van der Waals surface area contributed by atoms with Crippen LogP contribution in [0.5, 0.6) is 0 Å². The number of ether oxygens (including phenoxy) is 1. The number of nitrogens with zero attached hydrogens (tertiary/aromatic N) is 1. The van der Waals surface area contributed by atoms with Crippen molar-refractivity contribution in [3.63, 3.8) is 0 Å². The average molecular weight is 314 g/mol. The lowest BCUT2D eigenvalue weighted by molar-refractivity contribution is -0.136. The largest absolute Gasteiger partial charge is 0.468 e. The molecule has 0 bridgehead atoms. The van der Waals surface area contributed by atoms with Crippen molar-refractivity contribution in [3.8, 4) is 0 Å². The van der Waals surface area contributed by atoms with E-state index in [2.05, 4.69) is 5.32 Å². The van der Waals surface area contributed by atoms with Gasteiger partial charge in [0.2, 0.25) is 5.91 Å². The zero-order chi connectivity index (χ0) is 15.9. The summed E-state index contributed by atoms with van der Waals surface area (Å²) in [6.07, 6.45) is 1.66.